The van der Waals surface area contributed by atoms with Crippen LogP contribution in [0.3, 0.4) is 0 Å². The molecule has 0 spiro atoms. The highest BCUT2D eigenvalue weighted by atomic mass is 79.9. The number of nitrogens with one attached hydrogen (secondary N) is 1. The van der Waals surface area contributed by atoms with E-state index in [2.05, 4.69) is 21.2 Å². The van der Waals surface area contributed by atoms with Crippen LogP contribution in [0.25, 0.3) is 16.8 Å². The number of carbonyl (C=O) groups excluding carboxylic acids is 3. The summed E-state index contributed by atoms with van der Waals surface area (Å²) < 4.78 is 11.8. The molecule has 168 valence electrons. The van der Waals surface area contributed by atoms with Crippen LogP contribution in [0.1, 0.15) is 19.4 Å². The first kappa shape index (κ1) is 22.5. The Labute approximate surface area is 199 Å². The molecular formula is C25H21BrN2O5. The molecule has 0 saturated carbocycles. The smallest absolute Gasteiger partial charge is 0.335 e. The highest BCUT2D eigenvalue weighted by Gasteiger charge is 2.37. The van der Waals surface area contributed by atoms with E-state index in [9.17, 15) is 14.4 Å². The third kappa shape index (κ3) is 4.34. The van der Waals surface area contributed by atoms with Crippen molar-refractivity contribution in [2.45, 2.75) is 20.0 Å². The van der Waals surface area contributed by atoms with Crippen molar-refractivity contribution < 1.29 is 23.9 Å². The van der Waals surface area contributed by atoms with E-state index in [-0.39, 0.29) is 11.7 Å². The zero-order valence-corrected chi connectivity index (χ0v) is 19.8. The van der Waals surface area contributed by atoms with E-state index < -0.39 is 17.8 Å². The molecule has 7 nitrogen and oxygen atoms in total. The molecule has 0 aromatic heterocycles. The van der Waals surface area contributed by atoms with Crippen molar-refractivity contribution in [2.75, 3.05) is 12.0 Å². The molecule has 1 N–H and O–H groups in total. The highest BCUT2D eigenvalue weighted by molar-refractivity contribution is 9.10. The van der Waals surface area contributed by atoms with Crippen LogP contribution in [0.4, 0.5) is 10.5 Å². The standard InChI is InChI=1S/C25H21BrN2O5/c1-14(2)33-22-19(26)12-15(13-21(22)32-3)11-18-23(29)27-25(31)28(24(18)30)20-10-6-8-16-7-4-5-9-17(16)20/h4-14H,1-3H3,(H,27,29,31)/b18-11+. The van der Waals surface area contributed by atoms with E-state index in [1.165, 1.54) is 13.2 Å². The number of anilines is 1. The molecule has 0 radical (unpaired) electrons. The second-order valence-corrected chi connectivity index (χ2v) is 8.51. The third-order valence-electron chi connectivity index (χ3n) is 5.03. The number of imide groups is 2. The molecule has 0 bridgehead atoms. The Balaban J connectivity index is 1.78. The van der Waals surface area contributed by atoms with Crippen molar-refractivity contribution in [1.82, 2.24) is 5.32 Å². The Hall–Kier alpha value is -3.65. The van der Waals surface area contributed by atoms with Gasteiger partial charge in [0.15, 0.2) is 11.5 Å². The Morgan fingerprint density at radius 1 is 1.03 bits per heavy atom. The van der Waals surface area contributed by atoms with Crippen LogP contribution in [0.2, 0.25) is 0 Å². The minimum absolute atomic E-state index is 0.0784. The molecular weight excluding hydrogens is 488 g/mol. The van der Waals surface area contributed by atoms with Crippen LogP contribution < -0.4 is 19.7 Å². The van der Waals surface area contributed by atoms with Crippen molar-refractivity contribution in [2.24, 2.45) is 0 Å². The Bertz CT molecular complexity index is 1310. The number of ether oxygens (including phenoxy) is 2. The number of hydrogen-bond donors (Lipinski definition) is 1. The zero-order valence-electron chi connectivity index (χ0n) is 18.2. The van der Waals surface area contributed by atoms with Crippen LogP contribution >= 0.6 is 15.9 Å². The van der Waals surface area contributed by atoms with Gasteiger partial charge in [-0.1, -0.05) is 36.4 Å². The number of fused-ring (bicyclic) bond motifs is 1. The fourth-order valence-corrected chi connectivity index (χ4v) is 4.17. The molecule has 4 rings (SSSR count). The SMILES string of the molecule is COc1cc(/C=C2\C(=O)NC(=O)N(c3cccc4ccccc34)C2=O)cc(Br)c1OC(C)C. The summed E-state index contributed by atoms with van der Waals surface area (Å²) in [5.74, 6) is -0.519. The van der Waals surface area contributed by atoms with Gasteiger partial charge in [-0.25, -0.2) is 9.69 Å². The predicted molar refractivity (Wildman–Crippen MR) is 129 cm³/mol. The molecule has 1 saturated heterocycles. The van der Waals surface area contributed by atoms with E-state index >= 15 is 0 Å². The largest absolute Gasteiger partial charge is 0.493 e. The minimum atomic E-state index is -0.794. The zero-order chi connectivity index (χ0) is 23.7. The number of urea groups is 1. The molecule has 1 heterocycles. The fraction of sp³-hybridized carbons (Fsp3) is 0.160. The molecule has 0 atom stereocenters. The van der Waals surface area contributed by atoms with Gasteiger partial charge in [-0.15, -0.1) is 0 Å². The second-order valence-electron chi connectivity index (χ2n) is 7.66. The molecule has 3 aromatic rings. The lowest BCUT2D eigenvalue weighted by atomic mass is 10.0. The molecule has 1 aliphatic rings. The number of barbiturate groups is 1. The van der Waals surface area contributed by atoms with Crippen molar-refractivity contribution in [3.05, 3.63) is 70.2 Å². The predicted octanol–water partition coefficient (Wildman–Crippen LogP) is 5.06. The summed E-state index contributed by atoms with van der Waals surface area (Å²) in [4.78, 5) is 39.6. The molecule has 3 aromatic carbocycles. The monoisotopic (exact) mass is 508 g/mol. The number of halogens is 1. The van der Waals surface area contributed by atoms with Gasteiger partial charge in [0.25, 0.3) is 11.8 Å². The number of hydrogen-bond acceptors (Lipinski definition) is 5. The van der Waals surface area contributed by atoms with E-state index in [1.54, 1.807) is 24.3 Å². The maximum atomic E-state index is 13.4. The highest BCUT2D eigenvalue weighted by Crippen LogP contribution is 2.38. The summed E-state index contributed by atoms with van der Waals surface area (Å²) in [5.41, 5.74) is 0.753. The molecule has 33 heavy (non-hydrogen) atoms. The van der Waals surface area contributed by atoms with E-state index in [1.807, 2.05) is 44.2 Å². The summed E-state index contributed by atoms with van der Waals surface area (Å²) in [5, 5.41) is 3.85. The molecule has 1 fully saturated rings. The summed E-state index contributed by atoms with van der Waals surface area (Å²) in [7, 11) is 1.51. The maximum Gasteiger partial charge on any atom is 0.335 e. The van der Waals surface area contributed by atoms with Crippen LogP contribution in [-0.2, 0) is 9.59 Å². The molecule has 1 aliphatic heterocycles. The van der Waals surface area contributed by atoms with E-state index in [0.29, 0.717) is 27.2 Å². The topological polar surface area (TPSA) is 84.9 Å². The van der Waals surface area contributed by atoms with Crippen molar-refractivity contribution >= 4 is 56.3 Å². The lowest BCUT2D eigenvalue weighted by Gasteiger charge is -2.27. The number of methoxy groups -OCH3 is 1. The first-order chi connectivity index (χ1) is 15.8. The van der Waals surface area contributed by atoms with Gasteiger partial charge in [0.1, 0.15) is 5.57 Å². The number of rotatable bonds is 5. The number of amides is 4. The minimum Gasteiger partial charge on any atom is -0.493 e. The van der Waals surface area contributed by atoms with Crippen LogP contribution in [0.5, 0.6) is 11.5 Å². The van der Waals surface area contributed by atoms with Gasteiger partial charge in [-0.2, -0.15) is 0 Å². The van der Waals surface area contributed by atoms with Gasteiger partial charge in [0, 0.05) is 5.39 Å². The van der Waals surface area contributed by atoms with Gasteiger partial charge >= 0.3 is 6.03 Å². The number of carbonyl (C=O) groups is 3. The summed E-state index contributed by atoms with van der Waals surface area (Å²) in [6.45, 7) is 3.79. The third-order valence-corrected chi connectivity index (χ3v) is 5.61. The van der Waals surface area contributed by atoms with Crippen LogP contribution in [0.15, 0.2) is 64.6 Å². The molecule has 4 amide bonds. The quantitative estimate of drug-likeness (QED) is 0.384. The summed E-state index contributed by atoms with van der Waals surface area (Å²) >= 11 is 3.46. The second kappa shape index (κ2) is 9.07. The Kier molecular flexibility index (Phi) is 6.20. The summed E-state index contributed by atoms with van der Waals surface area (Å²) in [6, 6.07) is 15.3. The van der Waals surface area contributed by atoms with Crippen molar-refractivity contribution in [3.63, 3.8) is 0 Å². The molecule has 8 heteroatoms. The lowest BCUT2D eigenvalue weighted by molar-refractivity contribution is -0.122. The molecule has 0 unspecified atom stereocenters. The van der Waals surface area contributed by atoms with Gasteiger partial charge in [-0.3, -0.25) is 14.9 Å². The van der Waals surface area contributed by atoms with Crippen LogP contribution in [-0.4, -0.2) is 31.1 Å². The fourth-order valence-electron chi connectivity index (χ4n) is 3.62. The van der Waals surface area contributed by atoms with Gasteiger partial charge in [0.05, 0.1) is 23.4 Å². The van der Waals surface area contributed by atoms with Crippen LogP contribution in [0, 0.1) is 0 Å². The van der Waals surface area contributed by atoms with Gasteiger partial charge in [-0.05, 0) is 65.0 Å². The average Bonchev–Trinajstić information content (AvgIpc) is 2.78. The van der Waals surface area contributed by atoms with Gasteiger partial charge in [0.2, 0.25) is 0 Å². The maximum absolute atomic E-state index is 13.4. The normalized spacial score (nSPS) is 15.4. The lowest BCUT2D eigenvalue weighted by Crippen LogP contribution is -2.54. The van der Waals surface area contributed by atoms with E-state index in [4.69, 9.17) is 9.47 Å². The Morgan fingerprint density at radius 3 is 2.48 bits per heavy atom. The summed E-state index contributed by atoms with van der Waals surface area (Å²) in [6.07, 6.45) is 1.35. The van der Waals surface area contributed by atoms with Crippen molar-refractivity contribution in [3.8, 4) is 11.5 Å². The number of benzene rings is 3. The average molecular weight is 509 g/mol. The first-order valence-electron chi connectivity index (χ1n) is 10.2. The number of nitrogens with zero attached hydrogens (tertiary/aromatic N) is 1. The Morgan fingerprint density at radius 2 is 1.76 bits per heavy atom. The molecule has 0 aliphatic carbocycles. The van der Waals surface area contributed by atoms with Crippen molar-refractivity contribution in [1.29, 1.82) is 0 Å². The van der Waals surface area contributed by atoms with E-state index in [0.717, 1.165) is 15.7 Å². The first-order valence-corrected chi connectivity index (χ1v) is 11.0. The van der Waals surface area contributed by atoms with Gasteiger partial charge < -0.3 is 9.47 Å².